The topological polar surface area (TPSA) is 3.24 Å². The first-order valence-electron chi connectivity index (χ1n) is 5.78. The van der Waals surface area contributed by atoms with Crippen molar-refractivity contribution >= 4 is 12.4 Å². The summed E-state index contributed by atoms with van der Waals surface area (Å²) in [5.41, 5.74) is 0. The van der Waals surface area contributed by atoms with Crippen molar-refractivity contribution in [3.63, 3.8) is 0 Å². The Balaban J connectivity index is 0. The number of rotatable bonds is 7. The third-order valence-corrected chi connectivity index (χ3v) is 3.13. The van der Waals surface area contributed by atoms with Crippen LogP contribution >= 0.6 is 12.4 Å². The van der Waals surface area contributed by atoms with Crippen LogP contribution in [0.4, 0.5) is 0 Å². The zero-order valence-corrected chi connectivity index (χ0v) is 11.4. The maximum absolute atomic E-state index is 2.36. The Morgan fingerprint density at radius 1 is 1.00 bits per heavy atom. The van der Waals surface area contributed by atoms with Gasteiger partial charge in [-0.3, -0.25) is 0 Å². The van der Waals surface area contributed by atoms with Gasteiger partial charge in [-0.25, -0.2) is 0 Å². The van der Waals surface area contributed by atoms with Gasteiger partial charge in [0.1, 0.15) is 0 Å². The van der Waals surface area contributed by atoms with Gasteiger partial charge in [0.25, 0.3) is 0 Å². The van der Waals surface area contributed by atoms with Gasteiger partial charge < -0.3 is 4.90 Å². The number of nitrogens with zero attached hydrogens (tertiary/aromatic N) is 1. The summed E-state index contributed by atoms with van der Waals surface area (Å²) in [7, 11) is 4.38. The molecule has 0 rings (SSSR count). The molecule has 0 bridgehead atoms. The van der Waals surface area contributed by atoms with E-state index in [1.807, 2.05) is 0 Å². The summed E-state index contributed by atoms with van der Waals surface area (Å²) in [4.78, 5) is 2.36. The predicted molar refractivity (Wildman–Crippen MR) is 68.3 cm³/mol. The predicted octanol–water partition coefficient (Wildman–Crippen LogP) is 3.96. The molecule has 2 unspecified atom stereocenters. The first-order chi connectivity index (χ1) is 6.11. The van der Waals surface area contributed by atoms with Crippen molar-refractivity contribution in [3.8, 4) is 0 Å². The van der Waals surface area contributed by atoms with Gasteiger partial charge in [0.2, 0.25) is 0 Å². The zero-order valence-electron chi connectivity index (χ0n) is 10.5. The molecule has 0 heterocycles. The molecule has 0 aliphatic carbocycles. The summed E-state index contributed by atoms with van der Waals surface area (Å²) < 4.78 is 0. The van der Waals surface area contributed by atoms with Gasteiger partial charge in [-0.15, -0.1) is 12.4 Å². The lowest BCUT2D eigenvalue weighted by Crippen LogP contribution is -2.27. The molecule has 0 radical (unpaired) electrons. The Morgan fingerprint density at radius 3 is 1.93 bits per heavy atom. The quantitative estimate of drug-likeness (QED) is 0.629. The Morgan fingerprint density at radius 2 is 1.57 bits per heavy atom. The van der Waals surface area contributed by atoms with E-state index in [4.69, 9.17) is 0 Å². The highest BCUT2D eigenvalue weighted by Crippen LogP contribution is 2.15. The van der Waals surface area contributed by atoms with Gasteiger partial charge >= 0.3 is 0 Å². The van der Waals surface area contributed by atoms with Crippen LogP contribution in [0.15, 0.2) is 0 Å². The van der Waals surface area contributed by atoms with E-state index in [0.29, 0.717) is 0 Å². The summed E-state index contributed by atoms with van der Waals surface area (Å²) in [6.45, 7) is 6.93. The summed E-state index contributed by atoms with van der Waals surface area (Å²) >= 11 is 0. The molecule has 0 aliphatic heterocycles. The lowest BCUT2D eigenvalue weighted by molar-refractivity contribution is 0.260. The minimum atomic E-state index is 0. The smallest absolute Gasteiger partial charge is 0.00865 e. The van der Waals surface area contributed by atoms with E-state index in [-0.39, 0.29) is 12.4 Å². The molecule has 88 valence electrons. The molecule has 0 saturated carbocycles. The highest BCUT2D eigenvalue weighted by molar-refractivity contribution is 5.85. The van der Waals surface area contributed by atoms with Crippen molar-refractivity contribution in [2.75, 3.05) is 14.1 Å². The average molecular weight is 222 g/mol. The number of hydrogen-bond acceptors (Lipinski definition) is 1. The lowest BCUT2D eigenvalue weighted by atomic mass is 9.98. The van der Waals surface area contributed by atoms with Crippen LogP contribution in [0.2, 0.25) is 0 Å². The van der Waals surface area contributed by atoms with Crippen LogP contribution in [-0.4, -0.2) is 25.0 Å². The fourth-order valence-electron chi connectivity index (χ4n) is 1.73. The Hall–Kier alpha value is 0.250. The molecule has 2 heteroatoms. The molecule has 0 saturated heterocycles. The first-order valence-corrected chi connectivity index (χ1v) is 5.78. The molecule has 0 amide bonds. The van der Waals surface area contributed by atoms with Crippen LogP contribution in [0.1, 0.15) is 52.9 Å². The van der Waals surface area contributed by atoms with Crippen molar-refractivity contribution in [2.45, 2.75) is 58.9 Å². The highest BCUT2D eigenvalue weighted by atomic mass is 35.5. The van der Waals surface area contributed by atoms with Gasteiger partial charge in [-0.05, 0) is 32.9 Å². The van der Waals surface area contributed by atoms with Crippen LogP contribution in [0.3, 0.4) is 0 Å². The van der Waals surface area contributed by atoms with E-state index in [2.05, 4.69) is 39.8 Å². The van der Waals surface area contributed by atoms with Crippen LogP contribution in [0.5, 0.6) is 0 Å². The normalized spacial score (nSPS) is 15.0. The van der Waals surface area contributed by atoms with Crippen LogP contribution in [-0.2, 0) is 0 Å². The minimum absolute atomic E-state index is 0. The van der Waals surface area contributed by atoms with Gasteiger partial charge in [0, 0.05) is 6.04 Å². The molecule has 2 atom stereocenters. The van der Waals surface area contributed by atoms with E-state index < -0.39 is 0 Å². The second kappa shape index (κ2) is 9.79. The number of hydrogen-bond donors (Lipinski definition) is 0. The Kier molecular flexibility index (Phi) is 11.7. The molecule has 0 fully saturated rings. The van der Waals surface area contributed by atoms with E-state index in [0.717, 1.165) is 12.0 Å². The van der Waals surface area contributed by atoms with Crippen LogP contribution in [0.25, 0.3) is 0 Å². The van der Waals surface area contributed by atoms with E-state index in [1.165, 1.54) is 32.1 Å². The summed E-state index contributed by atoms with van der Waals surface area (Å²) in [5, 5.41) is 0. The van der Waals surface area contributed by atoms with Crippen molar-refractivity contribution in [1.82, 2.24) is 4.90 Å². The van der Waals surface area contributed by atoms with E-state index in [9.17, 15) is 0 Å². The molecule has 14 heavy (non-hydrogen) atoms. The highest BCUT2D eigenvalue weighted by Gasteiger charge is 2.08. The van der Waals surface area contributed by atoms with Crippen LogP contribution < -0.4 is 0 Å². The zero-order chi connectivity index (χ0) is 10.3. The van der Waals surface area contributed by atoms with Gasteiger partial charge in [-0.2, -0.15) is 0 Å². The summed E-state index contributed by atoms with van der Waals surface area (Å²) in [6.07, 6.45) is 6.78. The monoisotopic (exact) mass is 221 g/mol. The third-order valence-electron chi connectivity index (χ3n) is 3.13. The molecular formula is C12H28ClN. The number of halogens is 1. The van der Waals surface area contributed by atoms with E-state index in [1.54, 1.807) is 0 Å². The Labute approximate surface area is 96.7 Å². The fraction of sp³-hybridized carbons (Fsp3) is 1.00. The van der Waals surface area contributed by atoms with Crippen molar-refractivity contribution < 1.29 is 0 Å². The standard InChI is InChI=1S/C12H27N.ClH/c1-6-11(3)9-8-10-12(7-2)13(4)5;/h11-12H,6-10H2,1-5H3;1H. The van der Waals surface area contributed by atoms with Gasteiger partial charge in [0.15, 0.2) is 0 Å². The maximum atomic E-state index is 2.36. The molecule has 0 N–H and O–H groups in total. The van der Waals surface area contributed by atoms with Crippen molar-refractivity contribution in [2.24, 2.45) is 5.92 Å². The Bertz CT molecular complexity index is 115. The average Bonchev–Trinajstić information content (AvgIpc) is 2.11. The summed E-state index contributed by atoms with van der Waals surface area (Å²) in [6, 6.07) is 0.795. The largest absolute Gasteiger partial charge is 0.306 e. The van der Waals surface area contributed by atoms with Crippen LogP contribution in [0, 0.1) is 5.92 Å². The molecule has 0 aromatic carbocycles. The van der Waals surface area contributed by atoms with Gasteiger partial charge in [0.05, 0.1) is 0 Å². The maximum Gasteiger partial charge on any atom is 0.00865 e. The molecule has 0 spiro atoms. The SMILES string of the molecule is CCC(C)CCCC(CC)N(C)C.Cl. The third kappa shape index (κ3) is 7.64. The molecule has 1 nitrogen and oxygen atoms in total. The minimum Gasteiger partial charge on any atom is -0.306 e. The molecule has 0 aromatic rings. The summed E-state index contributed by atoms with van der Waals surface area (Å²) in [5.74, 6) is 0.916. The van der Waals surface area contributed by atoms with Crippen molar-refractivity contribution in [3.05, 3.63) is 0 Å². The van der Waals surface area contributed by atoms with Gasteiger partial charge in [-0.1, -0.05) is 40.0 Å². The molecule has 0 aliphatic rings. The van der Waals surface area contributed by atoms with Crippen molar-refractivity contribution in [1.29, 1.82) is 0 Å². The first kappa shape index (κ1) is 16.7. The second-order valence-corrected chi connectivity index (χ2v) is 4.47. The molecular weight excluding hydrogens is 194 g/mol. The molecule has 0 aromatic heterocycles. The second-order valence-electron chi connectivity index (χ2n) is 4.47. The lowest BCUT2D eigenvalue weighted by Gasteiger charge is -2.23. The fourth-order valence-corrected chi connectivity index (χ4v) is 1.73. The van der Waals surface area contributed by atoms with E-state index >= 15 is 0 Å².